The second-order valence-corrected chi connectivity index (χ2v) is 4.37. The minimum Gasteiger partial charge on any atom is -0.385 e. The van der Waals surface area contributed by atoms with Gasteiger partial charge in [0.15, 0.2) is 0 Å². The number of anilines is 1. The first-order valence-electron chi connectivity index (χ1n) is 5.58. The Morgan fingerprint density at radius 2 is 1.87 bits per heavy atom. The van der Waals surface area contributed by atoms with Crippen molar-refractivity contribution in [1.29, 1.82) is 0 Å². The minimum absolute atomic E-state index is 0.268. The Morgan fingerprint density at radius 3 is 2.47 bits per heavy atom. The summed E-state index contributed by atoms with van der Waals surface area (Å²) in [5.41, 5.74) is 11.0. The van der Waals surface area contributed by atoms with Crippen molar-refractivity contribution in [1.82, 2.24) is 0 Å². The van der Waals surface area contributed by atoms with E-state index >= 15 is 0 Å². The zero-order chi connectivity index (χ0) is 11.4. The number of aryl methyl sites for hydroxylation is 1. The van der Waals surface area contributed by atoms with E-state index in [1.54, 1.807) is 0 Å². The SMILES string of the molecule is Cc1ccc(NCCC(C)N)c(C)c1C. The van der Waals surface area contributed by atoms with E-state index < -0.39 is 0 Å². The van der Waals surface area contributed by atoms with Crippen LogP contribution in [0.15, 0.2) is 12.1 Å². The Kier molecular flexibility index (Phi) is 4.15. The van der Waals surface area contributed by atoms with E-state index in [4.69, 9.17) is 5.73 Å². The summed E-state index contributed by atoms with van der Waals surface area (Å²) >= 11 is 0. The molecular weight excluding hydrogens is 184 g/mol. The molecule has 0 saturated heterocycles. The van der Waals surface area contributed by atoms with E-state index in [0.717, 1.165) is 13.0 Å². The first kappa shape index (κ1) is 12.1. The van der Waals surface area contributed by atoms with Crippen LogP contribution in [-0.2, 0) is 0 Å². The van der Waals surface area contributed by atoms with Crippen LogP contribution in [0.4, 0.5) is 5.69 Å². The fourth-order valence-corrected chi connectivity index (χ4v) is 1.58. The van der Waals surface area contributed by atoms with E-state index in [9.17, 15) is 0 Å². The number of benzene rings is 1. The van der Waals surface area contributed by atoms with Gasteiger partial charge in [0, 0.05) is 18.3 Å². The van der Waals surface area contributed by atoms with Gasteiger partial charge in [-0.15, -0.1) is 0 Å². The van der Waals surface area contributed by atoms with Crippen molar-refractivity contribution in [2.24, 2.45) is 5.73 Å². The quantitative estimate of drug-likeness (QED) is 0.795. The van der Waals surface area contributed by atoms with Crippen molar-refractivity contribution in [3.63, 3.8) is 0 Å². The van der Waals surface area contributed by atoms with Gasteiger partial charge in [0.1, 0.15) is 0 Å². The number of hydrogen-bond acceptors (Lipinski definition) is 2. The molecule has 0 spiro atoms. The number of rotatable bonds is 4. The maximum atomic E-state index is 5.71. The molecule has 1 aromatic rings. The van der Waals surface area contributed by atoms with Gasteiger partial charge in [-0.05, 0) is 56.9 Å². The molecule has 1 atom stereocenters. The van der Waals surface area contributed by atoms with Crippen LogP contribution < -0.4 is 11.1 Å². The molecule has 1 aromatic carbocycles. The summed E-state index contributed by atoms with van der Waals surface area (Å²) in [5.74, 6) is 0. The van der Waals surface area contributed by atoms with Gasteiger partial charge in [0.25, 0.3) is 0 Å². The maximum absolute atomic E-state index is 5.71. The molecule has 0 aliphatic rings. The number of hydrogen-bond donors (Lipinski definition) is 2. The summed E-state index contributed by atoms with van der Waals surface area (Å²) < 4.78 is 0. The van der Waals surface area contributed by atoms with E-state index in [-0.39, 0.29) is 6.04 Å². The van der Waals surface area contributed by atoms with Crippen LogP contribution in [0, 0.1) is 20.8 Å². The molecule has 0 bridgehead atoms. The van der Waals surface area contributed by atoms with Crippen LogP contribution in [0.5, 0.6) is 0 Å². The van der Waals surface area contributed by atoms with Gasteiger partial charge < -0.3 is 11.1 Å². The van der Waals surface area contributed by atoms with Gasteiger partial charge in [-0.25, -0.2) is 0 Å². The van der Waals surface area contributed by atoms with Crippen molar-refractivity contribution in [3.05, 3.63) is 28.8 Å². The van der Waals surface area contributed by atoms with Crippen molar-refractivity contribution in [2.45, 2.75) is 40.2 Å². The monoisotopic (exact) mass is 206 g/mol. The van der Waals surface area contributed by atoms with Gasteiger partial charge in [-0.1, -0.05) is 6.07 Å². The van der Waals surface area contributed by atoms with E-state index in [2.05, 4.69) is 38.2 Å². The zero-order valence-corrected chi connectivity index (χ0v) is 10.2. The van der Waals surface area contributed by atoms with Crippen LogP contribution in [0.2, 0.25) is 0 Å². The molecule has 0 aliphatic carbocycles. The molecule has 0 fully saturated rings. The lowest BCUT2D eigenvalue weighted by Crippen LogP contribution is -2.19. The number of nitrogens with two attached hydrogens (primary N) is 1. The van der Waals surface area contributed by atoms with Crippen molar-refractivity contribution in [3.8, 4) is 0 Å². The Balaban J connectivity index is 2.66. The maximum Gasteiger partial charge on any atom is 0.0372 e. The minimum atomic E-state index is 0.268. The fourth-order valence-electron chi connectivity index (χ4n) is 1.58. The summed E-state index contributed by atoms with van der Waals surface area (Å²) in [6.07, 6.45) is 1.01. The second kappa shape index (κ2) is 5.17. The fraction of sp³-hybridized carbons (Fsp3) is 0.538. The first-order chi connectivity index (χ1) is 7.02. The Labute approximate surface area is 92.9 Å². The molecule has 0 heterocycles. The predicted molar refractivity (Wildman–Crippen MR) is 67.4 cm³/mol. The topological polar surface area (TPSA) is 38.0 Å². The highest BCUT2D eigenvalue weighted by Gasteiger charge is 2.03. The molecule has 0 aromatic heterocycles. The average molecular weight is 206 g/mol. The van der Waals surface area contributed by atoms with Crippen LogP contribution >= 0.6 is 0 Å². The van der Waals surface area contributed by atoms with Crippen LogP contribution in [0.25, 0.3) is 0 Å². The Bertz CT molecular complexity index is 330. The third-order valence-corrected chi connectivity index (χ3v) is 2.97. The van der Waals surface area contributed by atoms with Gasteiger partial charge >= 0.3 is 0 Å². The van der Waals surface area contributed by atoms with E-state index in [0.29, 0.717) is 0 Å². The van der Waals surface area contributed by atoms with Gasteiger partial charge in [-0.3, -0.25) is 0 Å². The molecule has 2 heteroatoms. The summed E-state index contributed by atoms with van der Waals surface area (Å²) in [6, 6.07) is 4.58. The van der Waals surface area contributed by atoms with Crippen molar-refractivity contribution >= 4 is 5.69 Å². The lowest BCUT2D eigenvalue weighted by Gasteiger charge is -2.14. The van der Waals surface area contributed by atoms with Crippen LogP contribution in [-0.4, -0.2) is 12.6 Å². The summed E-state index contributed by atoms with van der Waals surface area (Å²) in [7, 11) is 0. The van der Waals surface area contributed by atoms with Crippen LogP contribution in [0.1, 0.15) is 30.0 Å². The molecular formula is C13H22N2. The second-order valence-electron chi connectivity index (χ2n) is 4.37. The molecule has 84 valence electrons. The lowest BCUT2D eigenvalue weighted by molar-refractivity contribution is 0.690. The molecule has 0 saturated carbocycles. The molecule has 0 aliphatic heterocycles. The highest BCUT2D eigenvalue weighted by molar-refractivity contribution is 5.55. The molecule has 0 radical (unpaired) electrons. The number of nitrogens with one attached hydrogen (secondary N) is 1. The smallest absolute Gasteiger partial charge is 0.0372 e. The molecule has 3 N–H and O–H groups in total. The standard InChI is InChI=1S/C13H22N2/c1-9-5-6-13(12(4)11(9)3)15-8-7-10(2)14/h5-6,10,15H,7-8,14H2,1-4H3. The van der Waals surface area contributed by atoms with Gasteiger partial charge in [0.2, 0.25) is 0 Å². The summed E-state index contributed by atoms with van der Waals surface area (Å²) in [5, 5.41) is 3.43. The average Bonchev–Trinajstić information content (AvgIpc) is 2.18. The molecule has 1 rings (SSSR count). The third-order valence-electron chi connectivity index (χ3n) is 2.97. The lowest BCUT2D eigenvalue weighted by atomic mass is 10.0. The highest BCUT2D eigenvalue weighted by Crippen LogP contribution is 2.21. The molecule has 0 amide bonds. The summed E-state index contributed by atoms with van der Waals surface area (Å²) in [4.78, 5) is 0. The molecule has 15 heavy (non-hydrogen) atoms. The van der Waals surface area contributed by atoms with Gasteiger partial charge in [0.05, 0.1) is 0 Å². The largest absolute Gasteiger partial charge is 0.385 e. The third kappa shape index (κ3) is 3.24. The van der Waals surface area contributed by atoms with Crippen molar-refractivity contribution in [2.75, 3.05) is 11.9 Å². The zero-order valence-electron chi connectivity index (χ0n) is 10.2. The Hall–Kier alpha value is -1.02. The Morgan fingerprint density at radius 1 is 1.20 bits per heavy atom. The first-order valence-corrected chi connectivity index (χ1v) is 5.58. The predicted octanol–water partition coefficient (Wildman–Crippen LogP) is 2.76. The normalized spacial score (nSPS) is 12.6. The molecule has 2 nitrogen and oxygen atoms in total. The van der Waals surface area contributed by atoms with E-state index in [1.807, 2.05) is 6.92 Å². The van der Waals surface area contributed by atoms with Crippen molar-refractivity contribution < 1.29 is 0 Å². The highest BCUT2D eigenvalue weighted by atomic mass is 14.9. The van der Waals surface area contributed by atoms with Gasteiger partial charge in [-0.2, -0.15) is 0 Å². The molecule has 1 unspecified atom stereocenters. The van der Waals surface area contributed by atoms with Crippen LogP contribution in [0.3, 0.4) is 0 Å². The summed E-state index contributed by atoms with van der Waals surface area (Å²) in [6.45, 7) is 9.46. The van der Waals surface area contributed by atoms with E-state index in [1.165, 1.54) is 22.4 Å².